The lowest BCUT2D eigenvalue weighted by Crippen LogP contribution is -2.16. The molecule has 0 heterocycles. The molecule has 2 aromatic rings. The average molecular weight is 474 g/mol. The Morgan fingerprint density at radius 3 is 2.03 bits per heavy atom. The number of halogens is 1. The third-order valence-electron chi connectivity index (χ3n) is 4.17. The van der Waals surface area contributed by atoms with Gasteiger partial charge in [0.15, 0.2) is 18.2 Å². The molecule has 2 rings (SSSR count). The zero-order chi connectivity index (χ0) is 22.1. The quantitative estimate of drug-likeness (QED) is 0.394. The number of anilines is 1. The number of carbonyl (C=O) groups is 4. The van der Waals surface area contributed by atoms with Crippen molar-refractivity contribution in [2.24, 2.45) is 5.92 Å². The molecule has 7 heteroatoms. The maximum absolute atomic E-state index is 12.2. The van der Waals surface area contributed by atoms with E-state index in [-0.39, 0.29) is 36.2 Å². The van der Waals surface area contributed by atoms with Crippen molar-refractivity contribution in [2.45, 2.75) is 33.1 Å². The first-order chi connectivity index (χ1) is 14.2. The first kappa shape index (κ1) is 23.5. The van der Waals surface area contributed by atoms with E-state index in [1.807, 2.05) is 13.8 Å². The second-order valence-electron chi connectivity index (χ2n) is 7.24. The van der Waals surface area contributed by atoms with E-state index in [2.05, 4.69) is 21.2 Å². The first-order valence-corrected chi connectivity index (χ1v) is 10.4. The first-order valence-electron chi connectivity index (χ1n) is 9.62. The highest BCUT2D eigenvalue weighted by Crippen LogP contribution is 2.14. The molecule has 0 saturated heterocycles. The molecule has 6 nitrogen and oxygen atoms in total. The smallest absolute Gasteiger partial charge is 0.306 e. The van der Waals surface area contributed by atoms with E-state index < -0.39 is 12.6 Å². The van der Waals surface area contributed by atoms with Crippen LogP contribution >= 0.6 is 15.9 Å². The van der Waals surface area contributed by atoms with Crippen molar-refractivity contribution in [1.29, 1.82) is 0 Å². The minimum absolute atomic E-state index is 0.0133. The summed E-state index contributed by atoms with van der Waals surface area (Å²) >= 11 is 3.30. The Hall–Kier alpha value is -2.80. The highest BCUT2D eigenvalue weighted by atomic mass is 79.9. The highest BCUT2D eigenvalue weighted by molar-refractivity contribution is 9.10. The minimum atomic E-state index is -0.605. The largest absolute Gasteiger partial charge is 0.457 e. The number of hydrogen-bond acceptors (Lipinski definition) is 5. The molecule has 0 atom stereocenters. The number of hydrogen-bond donors (Lipinski definition) is 1. The minimum Gasteiger partial charge on any atom is -0.457 e. The van der Waals surface area contributed by atoms with Crippen molar-refractivity contribution in [3.8, 4) is 0 Å². The molecule has 158 valence electrons. The standard InChI is InChI=1S/C23H24BrNO5/c1-15(2)13-22(28)25-19-9-5-17(6-10-19)21(27)14-30-23(29)12-11-20(26)16-3-7-18(24)8-4-16/h3-10,15H,11-14H2,1-2H3,(H,25,28). The summed E-state index contributed by atoms with van der Waals surface area (Å²) in [6, 6.07) is 13.3. The maximum atomic E-state index is 12.2. The van der Waals surface area contributed by atoms with Gasteiger partial charge in [0.2, 0.25) is 5.91 Å². The van der Waals surface area contributed by atoms with Gasteiger partial charge >= 0.3 is 5.97 Å². The molecule has 0 unspecified atom stereocenters. The van der Waals surface area contributed by atoms with Crippen LogP contribution in [0.15, 0.2) is 53.0 Å². The zero-order valence-corrected chi connectivity index (χ0v) is 18.5. The number of benzene rings is 2. The van der Waals surface area contributed by atoms with E-state index in [0.717, 1.165) is 4.47 Å². The molecule has 0 saturated carbocycles. The summed E-state index contributed by atoms with van der Waals surface area (Å²) in [6.45, 7) is 3.52. The Balaban J connectivity index is 1.76. The molecule has 0 radical (unpaired) electrons. The lowest BCUT2D eigenvalue weighted by Gasteiger charge is -2.08. The number of amides is 1. The van der Waals surface area contributed by atoms with Crippen molar-refractivity contribution in [1.82, 2.24) is 0 Å². The van der Waals surface area contributed by atoms with Crippen LogP contribution in [-0.4, -0.2) is 30.0 Å². The van der Waals surface area contributed by atoms with E-state index in [1.165, 1.54) is 0 Å². The van der Waals surface area contributed by atoms with Gasteiger partial charge in [-0.2, -0.15) is 0 Å². The predicted molar refractivity (Wildman–Crippen MR) is 118 cm³/mol. The molecule has 0 aliphatic carbocycles. The molecular weight excluding hydrogens is 450 g/mol. The molecule has 1 N–H and O–H groups in total. The summed E-state index contributed by atoms with van der Waals surface area (Å²) in [4.78, 5) is 47.9. The van der Waals surface area contributed by atoms with Gasteiger partial charge in [-0.15, -0.1) is 0 Å². The molecule has 30 heavy (non-hydrogen) atoms. The van der Waals surface area contributed by atoms with Crippen molar-refractivity contribution < 1.29 is 23.9 Å². The predicted octanol–water partition coefficient (Wildman–Crippen LogP) is 4.82. The van der Waals surface area contributed by atoms with Gasteiger partial charge in [0.1, 0.15) is 0 Å². The molecule has 0 fully saturated rings. The van der Waals surface area contributed by atoms with Gasteiger partial charge in [-0.25, -0.2) is 0 Å². The number of esters is 1. The molecule has 0 bridgehead atoms. The monoisotopic (exact) mass is 473 g/mol. The van der Waals surface area contributed by atoms with Crippen LogP contribution in [0.5, 0.6) is 0 Å². The fourth-order valence-corrected chi connectivity index (χ4v) is 2.88. The lowest BCUT2D eigenvalue weighted by molar-refractivity contribution is -0.142. The third-order valence-corrected chi connectivity index (χ3v) is 4.70. The summed E-state index contributed by atoms with van der Waals surface area (Å²) in [5.74, 6) is -0.962. The van der Waals surface area contributed by atoms with Gasteiger partial charge in [0.25, 0.3) is 0 Å². The Kier molecular flexibility index (Phi) is 8.92. The zero-order valence-electron chi connectivity index (χ0n) is 16.9. The second kappa shape index (κ2) is 11.4. The molecule has 0 aromatic heterocycles. The van der Waals surface area contributed by atoms with Crippen LogP contribution in [0.2, 0.25) is 0 Å². The second-order valence-corrected chi connectivity index (χ2v) is 8.15. The van der Waals surface area contributed by atoms with Crippen LogP contribution in [-0.2, 0) is 14.3 Å². The van der Waals surface area contributed by atoms with E-state index in [4.69, 9.17) is 4.74 Å². The van der Waals surface area contributed by atoms with E-state index >= 15 is 0 Å². The fraction of sp³-hybridized carbons (Fsp3) is 0.304. The molecule has 0 spiro atoms. The fourth-order valence-electron chi connectivity index (χ4n) is 2.62. The number of ether oxygens (including phenoxy) is 1. The van der Waals surface area contributed by atoms with Gasteiger partial charge in [0.05, 0.1) is 6.42 Å². The molecule has 0 aliphatic rings. The van der Waals surface area contributed by atoms with Crippen molar-refractivity contribution in [3.63, 3.8) is 0 Å². The summed E-state index contributed by atoms with van der Waals surface area (Å²) in [7, 11) is 0. The molecule has 0 aliphatic heterocycles. The van der Waals surface area contributed by atoms with Gasteiger partial charge in [-0.1, -0.05) is 41.9 Å². The summed E-state index contributed by atoms with van der Waals surface area (Å²) in [5.41, 5.74) is 1.49. The average Bonchev–Trinajstić information content (AvgIpc) is 2.70. The van der Waals surface area contributed by atoms with Gasteiger partial charge in [0, 0.05) is 34.1 Å². The maximum Gasteiger partial charge on any atom is 0.306 e. The van der Waals surface area contributed by atoms with Crippen molar-refractivity contribution in [3.05, 3.63) is 64.1 Å². The number of ketones is 2. The molecule has 1 amide bonds. The Labute approximate surface area is 184 Å². The lowest BCUT2D eigenvalue weighted by atomic mass is 10.1. The van der Waals surface area contributed by atoms with Crippen LogP contribution in [0.4, 0.5) is 5.69 Å². The highest BCUT2D eigenvalue weighted by Gasteiger charge is 2.13. The summed E-state index contributed by atoms with van der Waals surface area (Å²) in [5, 5.41) is 2.76. The van der Waals surface area contributed by atoms with Crippen LogP contribution in [0, 0.1) is 5.92 Å². The van der Waals surface area contributed by atoms with Crippen LogP contribution < -0.4 is 5.32 Å². The van der Waals surface area contributed by atoms with Crippen LogP contribution in [0.1, 0.15) is 53.8 Å². The number of carbonyl (C=O) groups excluding carboxylic acids is 4. The number of rotatable bonds is 10. The topological polar surface area (TPSA) is 89.5 Å². The number of Topliss-reactive ketones (excluding diaryl/α,β-unsaturated/α-hetero) is 2. The van der Waals surface area contributed by atoms with E-state index in [1.54, 1.807) is 48.5 Å². The van der Waals surface area contributed by atoms with Crippen LogP contribution in [0.25, 0.3) is 0 Å². The Bertz CT molecular complexity index is 904. The molecular formula is C23H24BrNO5. The van der Waals surface area contributed by atoms with Gasteiger partial charge in [-0.3, -0.25) is 19.2 Å². The van der Waals surface area contributed by atoms with Crippen LogP contribution in [0.3, 0.4) is 0 Å². The van der Waals surface area contributed by atoms with Crippen molar-refractivity contribution in [2.75, 3.05) is 11.9 Å². The third kappa shape index (κ3) is 7.91. The Morgan fingerprint density at radius 2 is 1.43 bits per heavy atom. The van der Waals surface area contributed by atoms with Crippen molar-refractivity contribution >= 4 is 45.1 Å². The van der Waals surface area contributed by atoms with E-state index in [0.29, 0.717) is 23.2 Å². The summed E-state index contributed by atoms with van der Waals surface area (Å²) in [6.07, 6.45) is 0.337. The van der Waals surface area contributed by atoms with Gasteiger partial charge < -0.3 is 10.1 Å². The summed E-state index contributed by atoms with van der Waals surface area (Å²) < 4.78 is 5.85. The Morgan fingerprint density at radius 1 is 0.867 bits per heavy atom. The SMILES string of the molecule is CC(C)CC(=O)Nc1ccc(C(=O)COC(=O)CCC(=O)c2ccc(Br)cc2)cc1. The number of nitrogens with one attached hydrogen (secondary N) is 1. The van der Waals surface area contributed by atoms with E-state index in [9.17, 15) is 19.2 Å². The van der Waals surface area contributed by atoms with Gasteiger partial charge in [-0.05, 0) is 42.3 Å². The molecule has 2 aromatic carbocycles. The normalized spacial score (nSPS) is 10.5.